The fraction of sp³-hybridized carbons (Fsp3) is 0.417. The summed E-state index contributed by atoms with van der Waals surface area (Å²) in [6.07, 6.45) is 4.04. The Morgan fingerprint density at radius 2 is 1.90 bits per heavy atom. The first kappa shape index (κ1) is 15.4. The Morgan fingerprint density at radius 3 is 2.43 bits per heavy atom. The van der Waals surface area contributed by atoms with Crippen LogP contribution in [-0.2, 0) is 10.0 Å². The van der Waals surface area contributed by atoms with E-state index in [1.54, 1.807) is 13.8 Å². The number of oxazole rings is 1. The summed E-state index contributed by atoms with van der Waals surface area (Å²) in [7, 11) is -3.73. The van der Waals surface area contributed by atoms with Crippen LogP contribution in [0.25, 0.3) is 0 Å². The van der Waals surface area contributed by atoms with E-state index in [1.165, 1.54) is 18.6 Å². The van der Waals surface area contributed by atoms with E-state index < -0.39 is 16.1 Å². The summed E-state index contributed by atoms with van der Waals surface area (Å²) in [5, 5.41) is 2.89. The third-order valence-corrected chi connectivity index (χ3v) is 4.11. The molecule has 0 aliphatic rings. The van der Waals surface area contributed by atoms with Gasteiger partial charge in [-0.3, -0.25) is 0 Å². The van der Waals surface area contributed by atoms with Crippen molar-refractivity contribution >= 4 is 16.0 Å². The van der Waals surface area contributed by atoms with Gasteiger partial charge in [0, 0.05) is 6.54 Å². The molecule has 0 aromatic carbocycles. The topological polar surface area (TPSA) is 110 Å². The Balaban J connectivity index is 2.14. The fourth-order valence-electron chi connectivity index (χ4n) is 1.63. The van der Waals surface area contributed by atoms with Crippen LogP contribution in [-0.4, -0.2) is 29.9 Å². The summed E-state index contributed by atoms with van der Waals surface area (Å²) in [6, 6.07) is -0.586. The number of aryl methyl sites for hydroxylation is 1. The van der Waals surface area contributed by atoms with Gasteiger partial charge in [-0.15, -0.1) is 0 Å². The molecule has 0 fully saturated rings. The van der Waals surface area contributed by atoms with Crippen molar-refractivity contribution in [2.24, 2.45) is 0 Å². The first-order valence-electron chi connectivity index (χ1n) is 6.43. The van der Waals surface area contributed by atoms with Crippen molar-refractivity contribution < 1.29 is 12.8 Å². The molecule has 114 valence electrons. The maximum Gasteiger partial charge on any atom is 0.244 e. The minimum atomic E-state index is -3.73. The Morgan fingerprint density at radius 1 is 1.24 bits per heavy atom. The molecule has 2 aromatic heterocycles. The molecule has 0 aliphatic heterocycles. The number of sulfonamides is 1. The number of nitrogens with zero attached hydrogens (tertiary/aromatic N) is 3. The van der Waals surface area contributed by atoms with E-state index in [4.69, 9.17) is 4.42 Å². The van der Waals surface area contributed by atoms with Crippen molar-refractivity contribution in [1.29, 1.82) is 0 Å². The van der Waals surface area contributed by atoms with Crippen LogP contribution in [0.1, 0.15) is 31.5 Å². The summed E-state index contributed by atoms with van der Waals surface area (Å²) in [5.74, 6) is 1.31. The summed E-state index contributed by atoms with van der Waals surface area (Å²) < 4.78 is 32.2. The zero-order valence-corrected chi connectivity index (χ0v) is 12.8. The Bertz CT molecular complexity index is 696. The minimum absolute atomic E-state index is 0.0146. The molecule has 2 heterocycles. The molecular weight excluding hydrogens is 294 g/mol. The van der Waals surface area contributed by atoms with Crippen LogP contribution in [0.3, 0.4) is 0 Å². The molecular formula is C12H17N5O3S. The van der Waals surface area contributed by atoms with Crippen molar-refractivity contribution in [2.75, 3.05) is 11.9 Å². The molecule has 9 heteroatoms. The third kappa shape index (κ3) is 3.76. The fourth-order valence-corrected chi connectivity index (χ4v) is 2.71. The maximum absolute atomic E-state index is 12.2. The molecule has 8 nitrogen and oxygen atoms in total. The normalized spacial score (nSPS) is 13.1. The molecule has 0 amide bonds. The zero-order chi connectivity index (χ0) is 15.5. The number of anilines is 1. The first-order valence-corrected chi connectivity index (χ1v) is 7.91. The van der Waals surface area contributed by atoms with E-state index in [0.717, 1.165) is 0 Å². The van der Waals surface area contributed by atoms with Gasteiger partial charge in [0.05, 0.1) is 24.6 Å². The number of rotatable bonds is 6. The van der Waals surface area contributed by atoms with Gasteiger partial charge < -0.3 is 9.73 Å². The van der Waals surface area contributed by atoms with Crippen LogP contribution in [0.2, 0.25) is 0 Å². The van der Waals surface area contributed by atoms with Crippen LogP contribution < -0.4 is 10.0 Å². The Labute approximate surface area is 123 Å². The van der Waals surface area contributed by atoms with Crippen molar-refractivity contribution in [2.45, 2.75) is 31.7 Å². The van der Waals surface area contributed by atoms with Gasteiger partial charge in [0.15, 0.2) is 0 Å². The molecule has 2 rings (SSSR count). The number of nitrogens with one attached hydrogen (secondary N) is 2. The molecule has 1 atom stereocenters. The largest absolute Gasteiger partial charge is 0.444 e. The maximum atomic E-state index is 12.2. The van der Waals surface area contributed by atoms with Gasteiger partial charge in [-0.1, -0.05) is 0 Å². The highest BCUT2D eigenvalue weighted by Gasteiger charge is 2.22. The quantitative estimate of drug-likeness (QED) is 0.825. The van der Waals surface area contributed by atoms with Crippen molar-refractivity contribution in [3.63, 3.8) is 0 Å². The highest BCUT2D eigenvalue weighted by atomic mass is 32.2. The molecule has 2 N–H and O–H groups in total. The van der Waals surface area contributed by atoms with Crippen LogP contribution in [0.4, 0.5) is 5.95 Å². The monoisotopic (exact) mass is 311 g/mol. The first-order chi connectivity index (χ1) is 9.92. The summed E-state index contributed by atoms with van der Waals surface area (Å²) in [5.41, 5.74) is 0. The van der Waals surface area contributed by atoms with Crippen molar-refractivity contribution in [3.8, 4) is 0 Å². The van der Waals surface area contributed by atoms with Gasteiger partial charge in [-0.25, -0.2) is 23.4 Å². The van der Waals surface area contributed by atoms with Gasteiger partial charge in [0.2, 0.25) is 21.9 Å². The predicted molar refractivity (Wildman–Crippen MR) is 76.2 cm³/mol. The van der Waals surface area contributed by atoms with Crippen LogP contribution >= 0.6 is 0 Å². The second kappa shape index (κ2) is 6.19. The minimum Gasteiger partial charge on any atom is -0.444 e. The Hall–Kier alpha value is -2.00. The van der Waals surface area contributed by atoms with E-state index in [1.807, 2.05) is 6.92 Å². The molecule has 2 aromatic rings. The van der Waals surface area contributed by atoms with Crippen molar-refractivity contribution in [1.82, 2.24) is 19.7 Å². The third-order valence-electron chi connectivity index (χ3n) is 2.61. The SMILES string of the molecule is CCNc1ncc(S(=O)(=O)NC(C)c2ncc(C)o2)cn1. The predicted octanol–water partition coefficient (Wildman–Crippen LogP) is 1.24. The molecule has 21 heavy (non-hydrogen) atoms. The number of hydrogen-bond acceptors (Lipinski definition) is 7. The van der Waals surface area contributed by atoms with Crippen LogP contribution in [0.5, 0.6) is 0 Å². The zero-order valence-electron chi connectivity index (χ0n) is 12.0. The average molecular weight is 311 g/mol. The lowest BCUT2D eigenvalue weighted by atomic mass is 10.4. The van der Waals surface area contributed by atoms with Crippen LogP contribution in [0, 0.1) is 6.92 Å². The standard InChI is InChI=1S/C12H17N5O3S/c1-4-13-12-15-6-10(7-16-12)21(18,19)17-9(3)11-14-5-8(2)20-11/h5-7,9,17H,4H2,1-3H3,(H,13,15,16). The summed E-state index contributed by atoms with van der Waals surface area (Å²) in [6.45, 7) is 5.95. The lowest BCUT2D eigenvalue weighted by molar-refractivity contribution is 0.427. The van der Waals surface area contributed by atoms with E-state index in [0.29, 0.717) is 24.1 Å². The van der Waals surface area contributed by atoms with E-state index in [-0.39, 0.29) is 4.90 Å². The van der Waals surface area contributed by atoms with E-state index in [2.05, 4.69) is 25.0 Å². The van der Waals surface area contributed by atoms with E-state index >= 15 is 0 Å². The Kier molecular flexibility index (Phi) is 4.53. The number of hydrogen-bond donors (Lipinski definition) is 2. The number of aromatic nitrogens is 3. The highest BCUT2D eigenvalue weighted by molar-refractivity contribution is 7.89. The lowest BCUT2D eigenvalue weighted by Gasteiger charge is -2.11. The van der Waals surface area contributed by atoms with Gasteiger partial charge in [-0.2, -0.15) is 4.72 Å². The van der Waals surface area contributed by atoms with Crippen molar-refractivity contribution in [3.05, 3.63) is 30.2 Å². The lowest BCUT2D eigenvalue weighted by Crippen LogP contribution is -2.27. The summed E-state index contributed by atoms with van der Waals surface area (Å²) in [4.78, 5) is 11.9. The van der Waals surface area contributed by atoms with Gasteiger partial charge in [-0.05, 0) is 20.8 Å². The molecule has 0 bridgehead atoms. The second-order valence-electron chi connectivity index (χ2n) is 4.42. The molecule has 0 spiro atoms. The van der Waals surface area contributed by atoms with Gasteiger partial charge >= 0.3 is 0 Å². The molecule has 0 saturated heterocycles. The summed E-state index contributed by atoms with van der Waals surface area (Å²) >= 11 is 0. The molecule has 1 unspecified atom stereocenters. The molecule has 0 saturated carbocycles. The molecule has 0 radical (unpaired) electrons. The van der Waals surface area contributed by atoms with Crippen LogP contribution in [0.15, 0.2) is 27.9 Å². The average Bonchev–Trinajstić information content (AvgIpc) is 2.86. The smallest absolute Gasteiger partial charge is 0.244 e. The van der Waals surface area contributed by atoms with Gasteiger partial charge in [0.1, 0.15) is 10.7 Å². The van der Waals surface area contributed by atoms with Gasteiger partial charge in [0.25, 0.3) is 0 Å². The van der Waals surface area contributed by atoms with E-state index in [9.17, 15) is 8.42 Å². The highest BCUT2D eigenvalue weighted by Crippen LogP contribution is 2.16. The second-order valence-corrected chi connectivity index (χ2v) is 6.14. The molecule has 0 aliphatic carbocycles.